The van der Waals surface area contributed by atoms with Gasteiger partial charge in [0.15, 0.2) is 0 Å². The topological polar surface area (TPSA) is 94.4 Å². The van der Waals surface area contributed by atoms with Crippen LogP contribution in [-0.2, 0) is 9.53 Å². The van der Waals surface area contributed by atoms with E-state index in [9.17, 15) is 14.9 Å². The molecule has 8 heteroatoms. The molecule has 1 N–H and O–H groups in total. The van der Waals surface area contributed by atoms with Crippen molar-refractivity contribution in [3.63, 3.8) is 0 Å². The van der Waals surface area contributed by atoms with E-state index in [4.69, 9.17) is 0 Å². The van der Waals surface area contributed by atoms with E-state index in [0.717, 1.165) is 0 Å². The largest absolute Gasteiger partial charge is 0.467 e. The van der Waals surface area contributed by atoms with Crippen molar-refractivity contribution in [2.75, 3.05) is 12.4 Å². The van der Waals surface area contributed by atoms with Gasteiger partial charge in [-0.15, -0.1) is 0 Å². The van der Waals surface area contributed by atoms with Gasteiger partial charge in [-0.05, 0) is 21.8 Å². The van der Waals surface area contributed by atoms with Crippen LogP contribution in [0.1, 0.15) is 13.8 Å². The third-order valence-corrected chi connectivity index (χ3v) is 2.88. The minimum absolute atomic E-state index is 0.0392. The predicted molar refractivity (Wildman–Crippen MR) is 72.9 cm³/mol. The zero-order chi connectivity index (χ0) is 14.6. The zero-order valence-corrected chi connectivity index (χ0v) is 12.3. The molecule has 0 aromatic carbocycles. The number of esters is 1. The fourth-order valence-corrected chi connectivity index (χ4v) is 1.77. The number of rotatable bonds is 5. The molecule has 1 atom stereocenters. The van der Waals surface area contributed by atoms with Crippen LogP contribution in [-0.4, -0.2) is 29.0 Å². The summed E-state index contributed by atoms with van der Waals surface area (Å²) in [6, 6.07) is 0.627. The van der Waals surface area contributed by atoms with Gasteiger partial charge in [0, 0.05) is 16.7 Å². The van der Waals surface area contributed by atoms with E-state index in [1.165, 1.54) is 19.4 Å². The Hall–Kier alpha value is -1.70. The first-order valence-corrected chi connectivity index (χ1v) is 6.30. The lowest BCUT2D eigenvalue weighted by atomic mass is 10.0. The molecule has 0 bridgehead atoms. The van der Waals surface area contributed by atoms with Crippen molar-refractivity contribution in [2.24, 2.45) is 5.92 Å². The first-order chi connectivity index (χ1) is 8.86. The van der Waals surface area contributed by atoms with Gasteiger partial charge in [-0.1, -0.05) is 13.8 Å². The van der Waals surface area contributed by atoms with Gasteiger partial charge in [0.1, 0.15) is 6.04 Å². The third-order valence-electron chi connectivity index (χ3n) is 2.44. The minimum Gasteiger partial charge on any atom is -0.467 e. The van der Waals surface area contributed by atoms with Crippen molar-refractivity contribution in [2.45, 2.75) is 19.9 Å². The Kier molecular flexibility index (Phi) is 5.22. The molecule has 0 aliphatic heterocycles. The third kappa shape index (κ3) is 3.88. The van der Waals surface area contributed by atoms with Crippen LogP contribution >= 0.6 is 15.9 Å². The number of methoxy groups -OCH3 is 1. The summed E-state index contributed by atoms with van der Waals surface area (Å²) in [5.41, 5.74) is -0.205. The van der Waals surface area contributed by atoms with Crippen LogP contribution in [0.5, 0.6) is 0 Å². The predicted octanol–water partition coefficient (Wildman–Crippen LogP) is 2.36. The molecular weight excluding hydrogens is 318 g/mol. The molecule has 1 heterocycles. The lowest BCUT2D eigenvalue weighted by Gasteiger charge is -2.20. The number of carbonyl (C=O) groups excluding carboxylic acids is 1. The normalized spacial score (nSPS) is 12.1. The summed E-state index contributed by atoms with van der Waals surface area (Å²) >= 11 is 3.12. The van der Waals surface area contributed by atoms with Gasteiger partial charge in [-0.25, -0.2) is 9.78 Å². The van der Waals surface area contributed by atoms with Crippen molar-refractivity contribution < 1.29 is 14.5 Å². The molecule has 19 heavy (non-hydrogen) atoms. The van der Waals surface area contributed by atoms with Gasteiger partial charge in [0.2, 0.25) is 5.82 Å². The Morgan fingerprint density at radius 2 is 2.21 bits per heavy atom. The first-order valence-electron chi connectivity index (χ1n) is 5.51. The van der Waals surface area contributed by atoms with Crippen molar-refractivity contribution in [1.29, 1.82) is 0 Å². The molecule has 1 rings (SSSR count). The summed E-state index contributed by atoms with van der Waals surface area (Å²) in [7, 11) is 1.27. The number of nitrogens with zero attached hydrogens (tertiary/aromatic N) is 2. The van der Waals surface area contributed by atoms with Gasteiger partial charge in [0.25, 0.3) is 0 Å². The molecule has 1 unspecified atom stereocenters. The van der Waals surface area contributed by atoms with Crippen LogP contribution in [0, 0.1) is 16.0 Å². The maximum absolute atomic E-state index is 11.6. The fraction of sp³-hybridized carbons (Fsp3) is 0.455. The number of anilines is 1. The molecule has 1 aromatic rings. The number of nitrogens with one attached hydrogen (secondary N) is 1. The number of hydrogen-bond donors (Lipinski definition) is 1. The highest BCUT2D eigenvalue weighted by Gasteiger charge is 2.26. The molecule has 104 valence electrons. The number of pyridine rings is 1. The van der Waals surface area contributed by atoms with Crippen molar-refractivity contribution in [1.82, 2.24) is 4.98 Å². The van der Waals surface area contributed by atoms with E-state index < -0.39 is 16.9 Å². The van der Waals surface area contributed by atoms with Crippen molar-refractivity contribution in [3.05, 3.63) is 26.9 Å². The van der Waals surface area contributed by atoms with Gasteiger partial charge in [0.05, 0.1) is 12.0 Å². The summed E-state index contributed by atoms with van der Waals surface area (Å²) in [5.74, 6) is -0.552. The summed E-state index contributed by atoms with van der Waals surface area (Å²) in [4.78, 5) is 25.9. The number of hydrogen-bond acceptors (Lipinski definition) is 6. The zero-order valence-electron chi connectivity index (χ0n) is 10.7. The molecule has 0 fully saturated rings. The van der Waals surface area contributed by atoms with Crippen LogP contribution in [0.2, 0.25) is 0 Å². The highest BCUT2D eigenvalue weighted by Crippen LogP contribution is 2.26. The SMILES string of the molecule is COC(=O)C(Nc1ncc(Br)cc1[N+](=O)[O-])C(C)C. The molecule has 0 aliphatic rings. The van der Waals surface area contributed by atoms with E-state index >= 15 is 0 Å². The van der Waals surface area contributed by atoms with E-state index in [1.54, 1.807) is 13.8 Å². The summed E-state index contributed by atoms with van der Waals surface area (Å²) in [5, 5.41) is 13.7. The molecule has 0 saturated heterocycles. The standard InChI is InChI=1S/C11H14BrN3O4/c1-6(2)9(11(16)19-3)14-10-8(15(17)18)4-7(12)5-13-10/h4-6,9H,1-3H3,(H,13,14). The van der Waals surface area contributed by atoms with E-state index in [-0.39, 0.29) is 17.4 Å². The lowest BCUT2D eigenvalue weighted by molar-refractivity contribution is -0.384. The van der Waals surface area contributed by atoms with Gasteiger partial charge in [-0.2, -0.15) is 0 Å². The second kappa shape index (κ2) is 6.46. The average molecular weight is 332 g/mol. The Morgan fingerprint density at radius 3 is 2.68 bits per heavy atom. The van der Waals surface area contributed by atoms with E-state index in [0.29, 0.717) is 4.47 Å². The maximum Gasteiger partial charge on any atom is 0.328 e. The van der Waals surface area contributed by atoms with Gasteiger partial charge < -0.3 is 10.1 Å². The molecule has 0 aliphatic carbocycles. The number of nitro groups is 1. The van der Waals surface area contributed by atoms with Crippen LogP contribution < -0.4 is 5.32 Å². The average Bonchev–Trinajstić information content (AvgIpc) is 2.35. The van der Waals surface area contributed by atoms with E-state index in [2.05, 4.69) is 31.0 Å². The molecular formula is C11H14BrN3O4. The highest BCUT2D eigenvalue weighted by molar-refractivity contribution is 9.10. The Bertz CT molecular complexity index is 493. The Balaban J connectivity index is 3.09. The van der Waals surface area contributed by atoms with Gasteiger partial charge in [-0.3, -0.25) is 10.1 Å². The highest BCUT2D eigenvalue weighted by atomic mass is 79.9. The van der Waals surface area contributed by atoms with Crippen LogP contribution in [0.25, 0.3) is 0 Å². The summed E-state index contributed by atoms with van der Waals surface area (Å²) in [6.07, 6.45) is 1.42. The molecule has 7 nitrogen and oxygen atoms in total. The smallest absolute Gasteiger partial charge is 0.328 e. The second-order valence-electron chi connectivity index (χ2n) is 4.17. The lowest BCUT2D eigenvalue weighted by Crippen LogP contribution is -2.36. The molecule has 1 aromatic heterocycles. The Morgan fingerprint density at radius 1 is 1.58 bits per heavy atom. The quantitative estimate of drug-likeness (QED) is 0.505. The number of carbonyl (C=O) groups is 1. The minimum atomic E-state index is -0.697. The monoisotopic (exact) mass is 331 g/mol. The molecule has 0 amide bonds. The van der Waals surface area contributed by atoms with Crippen LogP contribution in [0.3, 0.4) is 0 Å². The molecule has 0 radical (unpaired) electrons. The van der Waals surface area contributed by atoms with E-state index in [1.807, 2.05) is 0 Å². The molecule has 0 spiro atoms. The summed E-state index contributed by atoms with van der Waals surface area (Å²) < 4.78 is 5.15. The van der Waals surface area contributed by atoms with Gasteiger partial charge >= 0.3 is 11.7 Å². The number of ether oxygens (including phenoxy) is 1. The maximum atomic E-state index is 11.6. The number of halogens is 1. The van der Waals surface area contributed by atoms with Crippen molar-refractivity contribution >= 4 is 33.4 Å². The van der Waals surface area contributed by atoms with Crippen LogP contribution in [0.4, 0.5) is 11.5 Å². The Labute approximate surface area is 118 Å². The van der Waals surface area contributed by atoms with Crippen LogP contribution in [0.15, 0.2) is 16.7 Å². The number of aromatic nitrogens is 1. The first kappa shape index (κ1) is 15.4. The fourth-order valence-electron chi connectivity index (χ4n) is 1.45. The second-order valence-corrected chi connectivity index (χ2v) is 5.08. The molecule has 0 saturated carbocycles. The summed E-state index contributed by atoms with van der Waals surface area (Å²) in [6.45, 7) is 3.61. The van der Waals surface area contributed by atoms with Crippen molar-refractivity contribution in [3.8, 4) is 0 Å².